The van der Waals surface area contributed by atoms with Crippen LogP contribution in [0.5, 0.6) is 0 Å². The maximum absolute atomic E-state index is 4.51. The fourth-order valence-corrected chi connectivity index (χ4v) is 3.29. The lowest BCUT2D eigenvalue weighted by molar-refractivity contribution is 0.677. The molecule has 2 aromatic heterocycles. The molecule has 0 amide bonds. The highest BCUT2D eigenvalue weighted by molar-refractivity contribution is 7.09. The molecule has 0 aliphatic rings. The Balaban J connectivity index is 1.50. The van der Waals surface area contributed by atoms with Crippen molar-refractivity contribution >= 4 is 22.7 Å². The fraction of sp³-hybridized carbons (Fsp3) is 0.250. The minimum Gasteiger partial charge on any atom is -0.311 e. The molecule has 3 aromatic rings. The van der Waals surface area contributed by atoms with Crippen molar-refractivity contribution in [1.82, 2.24) is 15.3 Å². The Morgan fingerprint density at radius 2 is 2.00 bits per heavy atom. The molecule has 21 heavy (non-hydrogen) atoms. The maximum Gasteiger partial charge on any atom is 0.0901 e. The van der Waals surface area contributed by atoms with Crippen LogP contribution in [-0.4, -0.2) is 16.5 Å². The van der Waals surface area contributed by atoms with Crippen LogP contribution in [0.4, 0.5) is 0 Å². The molecule has 3 rings (SSSR count). The number of hydrogen-bond donors (Lipinski definition) is 1. The first-order valence-electron chi connectivity index (χ1n) is 6.90. The molecule has 0 saturated carbocycles. The summed E-state index contributed by atoms with van der Waals surface area (Å²) in [6.45, 7) is 3.85. The summed E-state index contributed by atoms with van der Waals surface area (Å²) in [5.74, 6) is 0. The molecule has 3 nitrogen and oxygen atoms in total. The van der Waals surface area contributed by atoms with Crippen LogP contribution in [0, 0.1) is 6.92 Å². The fourth-order valence-electron chi connectivity index (χ4n) is 2.11. The average molecular weight is 315 g/mol. The van der Waals surface area contributed by atoms with Crippen LogP contribution in [0.1, 0.15) is 16.3 Å². The zero-order valence-electron chi connectivity index (χ0n) is 11.9. The molecule has 2 heterocycles. The Bertz CT molecular complexity index is 672. The van der Waals surface area contributed by atoms with Crippen molar-refractivity contribution in [3.63, 3.8) is 0 Å². The van der Waals surface area contributed by atoms with E-state index in [1.54, 1.807) is 22.7 Å². The van der Waals surface area contributed by atoms with Gasteiger partial charge in [-0.25, -0.2) is 9.97 Å². The van der Waals surface area contributed by atoms with E-state index in [1.165, 1.54) is 11.1 Å². The van der Waals surface area contributed by atoms with Crippen LogP contribution in [0.2, 0.25) is 0 Å². The first-order valence-corrected chi connectivity index (χ1v) is 8.73. The van der Waals surface area contributed by atoms with Gasteiger partial charge in [-0.05, 0) is 25.5 Å². The first-order chi connectivity index (χ1) is 10.3. The van der Waals surface area contributed by atoms with Crippen molar-refractivity contribution in [3.8, 4) is 11.3 Å². The molecule has 0 unspecified atom stereocenters. The number of nitrogens with one attached hydrogen (secondary N) is 1. The van der Waals surface area contributed by atoms with E-state index in [9.17, 15) is 0 Å². The van der Waals surface area contributed by atoms with Crippen molar-refractivity contribution in [2.45, 2.75) is 19.9 Å². The van der Waals surface area contributed by atoms with Gasteiger partial charge < -0.3 is 5.32 Å². The van der Waals surface area contributed by atoms with Gasteiger partial charge in [-0.2, -0.15) is 0 Å². The van der Waals surface area contributed by atoms with Crippen molar-refractivity contribution in [2.24, 2.45) is 0 Å². The highest BCUT2D eigenvalue weighted by atomic mass is 32.1. The number of aromatic nitrogens is 2. The minimum atomic E-state index is 0.847. The van der Waals surface area contributed by atoms with Gasteiger partial charge in [0.05, 0.1) is 21.9 Å². The van der Waals surface area contributed by atoms with Gasteiger partial charge in [0.15, 0.2) is 0 Å². The second-order valence-corrected chi connectivity index (χ2v) is 6.64. The van der Waals surface area contributed by atoms with Crippen LogP contribution >= 0.6 is 22.7 Å². The Kier molecular flexibility index (Phi) is 4.75. The van der Waals surface area contributed by atoms with Crippen LogP contribution in [0.15, 0.2) is 40.5 Å². The highest BCUT2D eigenvalue weighted by Gasteiger charge is 2.02. The molecule has 1 N–H and O–H groups in total. The number of benzene rings is 1. The van der Waals surface area contributed by atoms with Crippen LogP contribution in [0.3, 0.4) is 0 Å². The molecule has 0 saturated heterocycles. The summed E-state index contributed by atoms with van der Waals surface area (Å²) in [6, 6.07) is 8.69. The van der Waals surface area contributed by atoms with Gasteiger partial charge in [0, 0.05) is 22.9 Å². The monoisotopic (exact) mass is 315 g/mol. The maximum atomic E-state index is 4.51. The van der Waals surface area contributed by atoms with E-state index in [4.69, 9.17) is 0 Å². The molecular formula is C16H17N3S2. The summed E-state index contributed by atoms with van der Waals surface area (Å²) < 4.78 is 0. The van der Waals surface area contributed by atoms with E-state index >= 15 is 0 Å². The normalized spacial score (nSPS) is 10.9. The number of hydrogen-bond acceptors (Lipinski definition) is 5. The topological polar surface area (TPSA) is 37.8 Å². The Hall–Kier alpha value is -1.56. The summed E-state index contributed by atoms with van der Waals surface area (Å²) >= 11 is 3.33. The lowest BCUT2D eigenvalue weighted by Gasteiger charge is -2.04. The van der Waals surface area contributed by atoms with Crippen molar-refractivity contribution < 1.29 is 0 Å². The van der Waals surface area contributed by atoms with Gasteiger partial charge in [0.1, 0.15) is 0 Å². The largest absolute Gasteiger partial charge is 0.311 e. The molecule has 1 aromatic carbocycles. The molecule has 0 fully saturated rings. The van der Waals surface area contributed by atoms with Gasteiger partial charge in [0.2, 0.25) is 0 Å². The summed E-state index contributed by atoms with van der Waals surface area (Å²) in [4.78, 5) is 8.77. The smallest absolute Gasteiger partial charge is 0.0901 e. The third-order valence-electron chi connectivity index (χ3n) is 3.25. The van der Waals surface area contributed by atoms with Crippen molar-refractivity contribution in [1.29, 1.82) is 0 Å². The Morgan fingerprint density at radius 1 is 1.14 bits per heavy atom. The van der Waals surface area contributed by atoms with Crippen molar-refractivity contribution in [3.05, 3.63) is 56.8 Å². The van der Waals surface area contributed by atoms with E-state index in [0.29, 0.717) is 0 Å². The zero-order valence-corrected chi connectivity index (χ0v) is 13.5. The van der Waals surface area contributed by atoms with Crippen LogP contribution in [0.25, 0.3) is 11.3 Å². The third kappa shape index (κ3) is 3.97. The quantitative estimate of drug-likeness (QED) is 0.701. The SMILES string of the molecule is Cc1nc(-c2ccc(CCNCc3cscn3)cc2)cs1. The summed E-state index contributed by atoms with van der Waals surface area (Å²) in [6.07, 6.45) is 1.03. The number of thiazole rings is 2. The molecule has 0 aliphatic carbocycles. The predicted octanol–water partition coefficient (Wildman–Crippen LogP) is 3.91. The van der Waals surface area contributed by atoms with Crippen molar-refractivity contribution in [2.75, 3.05) is 6.54 Å². The van der Waals surface area contributed by atoms with E-state index in [-0.39, 0.29) is 0 Å². The van der Waals surface area contributed by atoms with Gasteiger partial charge in [-0.15, -0.1) is 22.7 Å². The van der Waals surface area contributed by atoms with Gasteiger partial charge in [0.25, 0.3) is 0 Å². The highest BCUT2D eigenvalue weighted by Crippen LogP contribution is 2.21. The molecule has 5 heteroatoms. The molecule has 0 aliphatic heterocycles. The van der Waals surface area contributed by atoms with Gasteiger partial charge in [-0.3, -0.25) is 0 Å². The summed E-state index contributed by atoms with van der Waals surface area (Å²) in [5, 5.41) is 8.72. The van der Waals surface area contributed by atoms with E-state index in [1.807, 2.05) is 12.4 Å². The van der Waals surface area contributed by atoms with Crippen LogP contribution in [-0.2, 0) is 13.0 Å². The third-order valence-corrected chi connectivity index (χ3v) is 4.66. The van der Waals surface area contributed by atoms with Crippen LogP contribution < -0.4 is 5.32 Å². The zero-order chi connectivity index (χ0) is 14.5. The molecule has 0 spiro atoms. The number of rotatable bonds is 6. The van der Waals surface area contributed by atoms with E-state index in [2.05, 4.69) is 50.3 Å². The standard InChI is InChI=1S/C16H17N3S2/c1-12-19-16(10-21-12)14-4-2-13(3-5-14)6-7-17-8-15-9-20-11-18-15/h2-5,9-11,17H,6-8H2,1H3. The molecule has 0 atom stereocenters. The average Bonchev–Trinajstić information content (AvgIpc) is 3.16. The second kappa shape index (κ2) is 6.93. The Morgan fingerprint density at radius 3 is 2.67 bits per heavy atom. The lowest BCUT2D eigenvalue weighted by Crippen LogP contribution is -2.16. The number of aryl methyl sites for hydroxylation is 1. The minimum absolute atomic E-state index is 0.847. The van der Waals surface area contributed by atoms with E-state index < -0.39 is 0 Å². The predicted molar refractivity (Wildman–Crippen MR) is 89.8 cm³/mol. The van der Waals surface area contributed by atoms with E-state index in [0.717, 1.165) is 35.9 Å². The molecule has 108 valence electrons. The lowest BCUT2D eigenvalue weighted by atomic mass is 10.1. The second-order valence-electron chi connectivity index (χ2n) is 4.86. The molecular weight excluding hydrogens is 298 g/mol. The molecule has 0 radical (unpaired) electrons. The first kappa shape index (κ1) is 14.4. The number of nitrogens with zero attached hydrogens (tertiary/aromatic N) is 2. The van der Waals surface area contributed by atoms with Gasteiger partial charge in [-0.1, -0.05) is 24.3 Å². The Labute approximate surface area is 132 Å². The summed E-state index contributed by atoms with van der Waals surface area (Å²) in [7, 11) is 0. The molecule has 0 bridgehead atoms. The summed E-state index contributed by atoms with van der Waals surface area (Å²) in [5.41, 5.74) is 6.60. The van der Waals surface area contributed by atoms with Gasteiger partial charge >= 0.3 is 0 Å².